The smallest absolute Gasteiger partial charge is 0.293 e. The number of aryl methyl sites for hydroxylation is 1. The van der Waals surface area contributed by atoms with Gasteiger partial charge in [0.05, 0.1) is 4.92 Å². The molecule has 2 rings (SSSR count). The molecule has 0 spiro atoms. The SMILES string of the molecule is Cc1ccc(C(=O)Nc2ccc(Br)cc2[N+](=O)[O-])cc1N. The lowest BCUT2D eigenvalue weighted by Crippen LogP contribution is -2.13. The summed E-state index contributed by atoms with van der Waals surface area (Å²) in [6.45, 7) is 1.83. The molecule has 0 aliphatic carbocycles. The first-order valence-corrected chi connectivity index (χ1v) is 6.79. The fraction of sp³-hybridized carbons (Fsp3) is 0.0714. The summed E-state index contributed by atoms with van der Waals surface area (Å²) >= 11 is 3.16. The summed E-state index contributed by atoms with van der Waals surface area (Å²) in [6.07, 6.45) is 0. The van der Waals surface area contributed by atoms with Crippen LogP contribution in [0.3, 0.4) is 0 Å². The molecular formula is C14H12BrN3O3. The van der Waals surface area contributed by atoms with E-state index in [1.807, 2.05) is 6.92 Å². The number of hydrogen-bond donors (Lipinski definition) is 2. The number of amides is 1. The van der Waals surface area contributed by atoms with Gasteiger partial charge in [0.2, 0.25) is 0 Å². The van der Waals surface area contributed by atoms with E-state index in [0.29, 0.717) is 15.7 Å². The molecule has 2 aromatic carbocycles. The summed E-state index contributed by atoms with van der Waals surface area (Å²) in [4.78, 5) is 22.6. The molecule has 0 unspecified atom stereocenters. The van der Waals surface area contributed by atoms with Crippen molar-refractivity contribution >= 4 is 38.9 Å². The normalized spacial score (nSPS) is 10.2. The zero-order valence-corrected chi connectivity index (χ0v) is 12.7. The van der Waals surface area contributed by atoms with Gasteiger partial charge >= 0.3 is 0 Å². The lowest BCUT2D eigenvalue weighted by Gasteiger charge is -2.08. The first-order chi connectivity index (χ1) is 9.88. The second-order valence-corrected chi connectivity index (χ2v) is 5.36. The van der Waals surface area contributed by atoms with Crippen LogP contribution in [0.25, 0.3) is 0 Å². The third-order valence-corrected chi connectivity index (χ3v) is 3.44. The number of nitro groups is 1. The first kappa shape index (κ1) is 15.0. The molecule has 0 saturated carbocycles. The summed E-state index contributed by atoms with van der Waals surface area (Å²) in [7, 11) is 0. The van der Waals surface area contributed by atoms with Crippen LogP contribution in [0.4, 0.5) is 17.1 Å². The van der Waals surface area contributed by atoms with E-state index < -0.39 is 10.8 Å². The van der Waals surface area contributed by atoms with E-state index in [1.54, 1.807) is 18.2 Å². The van der Waals surface area contributed by atoms with E-state index in [9.17, 15) is 14.9 Å². The van der Waals surface area contributed by atoms with Crippen molar-refractivity contribution in [1.29, 1.82) is 0 Å². The molecule has 0 aromatic heterocycles. The highest BCUT2D eigenvalue weighted by atomic mass is 79.9. The topological polar surface area (TPSA) is 98.3 Å². The van der Waals surface area contributed by atoms with Gasteiger partial charge in [-0.3, -0.25) is 14.9 Å². The lowest BCUT2D eigenvalue weighted by atomic mass is 10.1. The van der Waals surface area contributed by atoms with Crippen LogP contribution in [0, 0.1) is 17.0 Å². The minimum atomic E-state index is -0.552. The number of rotatable bonds is 3. The zero-order chi connectivity index (χ0) is 15.6. The molecule has 1 amide bonds. The molecule has 21 heavy (non-hydrogen) atoms. The van der Waals surface area contributed by atoms with E-state index in [0.717, 1.165) is 5.56 Å². The Labute approximate surface area is 129 Å². The molecule has 0 fully saturated rings. The van der Waals surface area contributed by atoms with Crippen LogP contribution in [-0.4, -0.2) is 10.8 Å². The quantitative estimate of drug-likeness (QED) is 0.503. The van der Waals surface area contributed by atoms with Gasteiger partial charge in [-0.05, 0) is 36.8 Å². The van der Waals surface area contributed by atoms with Gasteiger partial charge in [0.1, 0.15) is 5.69 Å². The number of nitrogens with one attached hydrogen (secondary N) is 1. The van der Waals surface area contributed by atoms with Gasteiger partial charge in [-0.1, -0.05) is 22.0 Å². The maximum absolute atomic E-state index is 12.1. The van der Waals surface area contributed by atoms with E-state index in [1.165, 1.54) is 18.2 Å². The molecule has 0 bridgehead atoms. The second-order valence-electron chi connectivity index (χ2n) is 4.44. The number of carbonyl (C=O) groups excluding carboxylic acids is 1. The van der Waals surface area contributed by atoms with Crippen molar-refractivity contribution < 1.29 is 9.72 Å². The van der Waals surface area contributed by atoms with Crippen LogP contribution in [0.15, 0.2) is 40.9 Å². The lowest BCUT2D eigenvalue weighted by molar-refractivity contribution is -0.384. The number of benzene rings is 2. The molecule has 0 heterocycles. The molecular weight excluding hydrogens is 338 g/mol. The predicted molar refractivity (Wildman–Crippen MR) is 84.3 cm³/mol. The molecule has 2 aromatic rings. The predicted octanol–water partition coefficient (Wildman–Crippen LogP) is 3.50. The number of carbonyl (C=O) groups is 1. The van der Waals surface area contributed by atoms with Crippen LogP contribution in [0.2, 0.25) is 0 Å². The highest BCUT2D eigenvalue weighted by molar-refractivity contribution is 9.10. The number of nitrogens with zero attached hydrogens (tertiary/aromatic N) is 1. The highest BCUT2D eigenvalue weighted by Crippen LogP contribution is 2.28. The monoisotopic (exact) mass is 349 g/mol. The van der Waals surface area contributed by atoms with Gasteiger partial charge in [-0.2, -0.15) is 0 Å². The molecule has 0 atom stereocenters. The third-order valence-electron chi connectivity index (χ3n) is 2.95. The minimum Gasteiger partial charge on any atom is -0.398 e. The van der Waals surface area contributed by atoms with Crippen molar-refractivity contribution in [1.82, 2.24) is 0 Å². The molecule has 7 heteroatoms. The molecule has 3 N–H and O–H groups in total. The average Bonchev–Trinajstić information content (AvgIpc) is 2.43. The van der Waals surface area contributed by atoms with E-state index in [4.69, 9.17) is 5.73 Å². The highest BCUT2D eigenvalue weighted by Gasteiger charge is 2.17. The van der Waals surface area contributed by atoms with Crippen LogP contribution in [0.1, 0.15) is 15.9 Å². The number of nitrogens with two attached hydrogens (primary N) is 1. The van der Waals surface area contributed by atoms with Crippen molar-refractivity contribution in [3.63, 3.8) is 0 Å². The molecule has 0 saturated heterocycles. The van der Waals surface area contributed by atoms with Crippen molar-refractivity contribution in [2.24, 2.45) is 0 Å². The Hall–Kier alpha value is -2.41. The Kier molecular flexibility index (Phi) is 4.23. The van der Waals surface area contributed by atoms with E-state index in [-0.39, 0.29) is 11.4 Å². The Bertz CT molecular complexity index is 731. The first-order valence-electron chi connectivity index (χ1n) is 6.00. The average molecular weight is 350 g/mol. The van der Waals surface area contributed by atoms with Gasteiger partial charge in [-0.25, -0.2) is 0 Å². The van der Waals surface area contributed by atoms with Gasteiger partial charge in [0, 0.05) is 21.8 Å². The molecule has 0 aliphatic heterocycles. The standard InChI is InChI=1S/C14H12BrN3O3/c1-8-2-3-9(6-11(8)16)14(19)17-12-5-4-10(15)7-13(12)18(20)21/h2-7H,16H2,1H3,(H,17,19). The van der Waals surface area contributed by atoms with E-state index >= 15 is 0 Å². The molecule has 108 valence electrons. The molecule has 6 nitrogen and oxygen atoms in total. The number of hydrogen-bond acceptors (Lipinski definition) is 4. The molecule has 0 aliphatic rings. The number of nitrogen functional groups attached to an aromatic ring is 1. The Morgan fingerprint density at radius 2 is 2.00 bits per heavy atom. The summed E-state index contributed by atoms with van der Waals surface area (Å²) in [5.74, 6) is -0.452. The van der Waals surface area contributed by atoms with E-state index in [2.05, 4.69) is 21.2 Å². The fourth-order valence-electron chi connectivity index (χ4n) is 1.74. The largest absolute Gasteiger partial charge is 0.398 e. The number of anilines is 2. The minimum absolute atomic E-state index is 0.132. The Morgan fingerprint density at radius 3 is 2.62 bits per heavy atom. The van der Waals surface area contributed by atoms with Crippen molar-refractivity contribution in [3.8, 4) is 0 Å². The van der Waals surface area contributed by atoms with Crippen LogP contribution in [-0.2, 0) is 0 Å². The number of halogens is 1. The van der Waals surface area contributed by atoms with Crippen LogP contribution >= 0.6 is 15.9 Å². The Balaban J connectivity index is 2.31. The third kappa shape index (κ3) is 3.38. The van der Waals surface area contributed by atoms with Crippen molar-refractivity contribution in [3.05, 3.63) is 62.1 Å². The van der Waals surface area contributed by atoms with Gasteiger partial charge < -0.3 is 11.1 Å². The maximum Gasteiger partial charge on any atom is 0.293 e. The maximum atomic E-state index is 12.1. The van der Waals surface area contributed by atoms with Gasteiger partial charge in [-0.15, -0.1) is 0 Å². The van der Waals surface area contributed by atoms with Crippen LogP contribution < -0.4 is 11.1 Å². The zero-order valence-electron chi connectivity index (χ0n) is 11.1. The summed E-state index contributed by atoms with van der Waals surface area (Å²) in [5.41, 5.74) is 7.40. The van der Waals surface area contributed by atoms with Gasteiger partial charge in [0.15, 0.2) is 0 Å². The summed E-state index contributed by atoms with van der Waals surface area (Å²) in [5, 5.41) is 13.5. The Morgan fingerprint density at radius 1 is 1.29 bits per heavy atom. The van der Waals surface area contributed by atoms with Crippen LogP contribution in [0.5, 0.6) is 0 Å². The van der Waals surface area contributed by atoms with Crippen molar-refractivity contribution in [2.45, 2.75) is 6.92 Å². The summed E-state index contributed by atoms with van der Waals surface area (Å²) in [6, 6.07) is 9.30. The summed E-state index contributed by atoms with van der Waals surface area (Å²) < 4.78 is 0.562. The number of nitro benzene ring substituents is 1. The second kappa shape index (κ2) is 5.92. The van der Waals surface area contributed by atoms with Crippen molar-refractivity contribution in [2.75, 3.05) is 11.1 Å². The molecule has 0 radical (unpaired) electrons. The fourth-order valence-corrected chi connectivity index (χ4v) is 2.09. The van der Waals surface area contributed by atoms with Gasteiger partial charge in [0.25, 0.3) is 11.6 Å².